The summed E-state index contributed by atoms with van der Waals surface area (Å²) in [6.45, 7) is 3.31. The molecule has 0 aliphatic carbocycles. The predicted molar refractivity (Wildman–Crippen MR) is 60.3 cm³/mol. The summed E-state index contributed by atoms with van der Waals surface area (Å²) in [7, 11) is 1.89. The molecule has 0 amide bonds. The molecule has 0 saturated heterocycles. The number of nitrogens with zero attached hydrogens (tertiary/aromatic N) is 6. The Hall–Kier alpha value is -1.48. The fourth-order valence-electron chi connectivity index (χ4n) is 1.19. The van der Waals surface area contributed by atoms with Gasteiger partial charge in [0.2, 0.25) is 11.0 Å². The van der Waals surface area contributed by atoms with Crippen molar-refractivity contribution in [2.75, 3.05) is 13.6 Å². The average molecular weight is 255 g/mol. The van der Waals surface area contributed by atoms with Gasteiger partial charge < -0.3 is 9.84 Å². The number of tetrazole rings is 1. The first-order valence-corrected chi connectivity index (χ1v) is 6.11. The number of aromatic nitrogens is 6. The molecule has 92 valence electrons. The van der Waals surface area contributed by atoms with Crippen LogP contribution in [0.2, 0.25) is 0 Å². The van der Waals surface area contributed by atoms with E-state index in [1.165, 1.54) is 11.8 Å². The molecule has 0 aliphatic heterocycles. The van der Waals surface area contributed by atoms with Gasteiger partial charge in [-0.1, -0.05) is 16.9 Å². The molecular weight excluding hydrogens is 242 g/mol. The third-order valence-electron chi connectivity index (χ3n) is 1.97. The van der Waals surface area contributed by atoms with Crippen LogP contribution in [0.3, 0.4) is 0 Å². The summed E-state index contributed by atoms with van der Waals surface area (Å²) in [6.07, 6.45) is 0. The minimum absolute atomic E-state index is 0.565. The fraction of sp³-hybridized carbons (Fsp3) is 0.625. The molecule has 2 heterocycles. The third kappa shape index (κ3) is 3.24. The van der Waals surface area contributed by atoms with Crippen molar-refractivity contribution in [3.8, 4) is 0 Å². The maximum Gasteiger partial charge on any atom is 0.223 e. The molecule has 2 aromatic heterocycles. The van der Waals surface area contributed by atoms with Crippen LogP contribution in [-0.4, -0.2) is 43.9 Å². The lowest BCUT2D eigenvalue weighted by Gasteiger charge is -2.01. The highest BCUT2D eigenvalue weighted by molar-refractivity contribution is 7.98. The number of rotatable bonds is 6. The Balaban J connectivity index is 1.92. The highest BCUT2D eigenvalue weighted by Gasteiger charge is 2.09. The molecule has 0 unspecified atom stereocenters. The predicted octanol–water partition coefficient (Wildman–Crippen LogP) is -0.124. The second kappa shape index (κ2) is 5.73. The maximum atomic E-state index is 4.89. The van der Waals surface area contributed by atoms with E-state index >= 15 is 0 Å². The minimum atomic E-state index is 0.565. The lowest BCUT2D eigenvalue weighted by Crippen LogP contribution is -2.16. The lowest BCUT2D eigenvalue weighted by atomic mass is 10.6. The Morgan fingerprint density at radius 3 is 3.06 bits per heavy atom. The second-order valence-corrected chi connectivity index (χ2v) is 4.25. The van der Waals surface area contributed by atoms with Gasteiger partial charge >= 0.3 is 0 Å². The van der Waals surface area contributed by atoms with Gasteiger partial charge in [-0.2, -0.15) is 4.98 Å². The first-order chi connectivity index (χ1) is 8.29. The van der Waals surface area contributed by atoms with Gasteiger partial charge in [0.15, 0.2) is 5.82 Å². The van der Waals surface area contributed by atoms with Crippen LogP contribution in [0.15, 0.2) is 9.68 Å². The molecule has 0 spiro atoms. The zero-order valence-electron chi connectivity index (χ0n) is 9.62. The molecule has 2 rings (SSSR count). The summed E-state index contributed by atoms with van der Waals surface area (Å²) in [6, 6.07) is 0. The van der Waals surface area contributed by atoms with E-state index in [-0.39, 0.29) is 0 Å². The van der Waals surface area contributed by atoms with Crippen LogP contribution in [0, 0.1) is 6.92 Å². The molecular formula is C8H13N7OS. The van der Waals surface area contributed by atoms with Crippen LogP contribution in [-0.2, 0) is 12.3 Å². The van der Waals surface area contributed by atoms with Crippen LogP contribution < -0.4 is 5.32 Å². The van der Waals surface area contributed by atoms with Crippen LogP contribution in [0.1, 0.15) is 11.7 Å². The summed E-state index contributed by atoms with van der Waals surface area (Å²) in [5, 5.41) is 19.1. The monoisotopic (exact) mass is 255 g/mol. The molecule has 0 atom stereocenters. The van der Waals surface area contributed by atoms with Gasteiger partial charge in [-0.05, 0) is 17.5 Å². The second-order valence-electron chi connectivity index (χ2n) is 3.31. The van der Waals surface area contributed by atoms with Crippen molar-refractivity contribution in [1.82, 2.24) is 35.7 Å². The molecule has 0 aromatic carbocycles. The molecule has 0 radical (unpaired) electrons. The molecule has 0 saturated carbocycles. The lowest BCUT2D eigenvalue weighted by molar-refractivity contribution is 0.389. The normalized spacial score (nSPS) is 10.9. The quantitative estimate of drug-likeness (QED) is 0.714. The highest BCUT2D eigenvalue weighted by atomic mass is 32.2. The Bertz CT molecular complexity index is 468. The SMILES string of the molecule is CNCCn1nnnc1SCc1noc(C)n1. The van der Waals surface area contributed by atoms with Gasteiger partial charge in [0.25, 0.3) is 0 Å². The summed E-state index contributed by atoms with van der Waals surface area (Å²) < 4.78 is 6.63. The Morgan fingerprint density at radius 2 is 2.35 bits per heavy atom. The molecule has 2 aromatic rings. The maximum absolute atomic E-state index is 4.89. The topological polar surface area (TPSA) is 94.6 Å². The van der Waals surface area contributed by atoms with Crippen LogP contribution in [0.5, 0.6) is 0 Å². The van der Waals surface area contributed by atoms with Crippen molar-refractivity contribution in [2.24, 2.45) is 0 Å². The van der Waals surface area contributed by atoms with Crippen molar-refractivity contribution < 1.29 is 4.52 Å². The first kappa shape index (κ1) is 12.0. The van der Waals surface area contributed by atoms with Crippen molar-refractivity contribution in [2.45, 2.75) is 24.4 Å². The van der Waals surface area contributed by atoms with E-state index in [4.69, 9.17) is 4.52 Å². The van der Waals surface area contributed by atoms with Gasteiger partial charge in [0.1, 0.15) is 0 Å². The van der Waals surface area contributed by atoms with E-state index in [0.29, 0.717) is 17.5 Å². The van der Waals surface area contributed by atoms with E-state index in [1.54, 1.807) is 11.6 Å². The number of aryl methyl sites for hydroxylation is 1. The summed E-state index contributed by atoms with van der Waals surface area (Å²) >= 11 is 1.48. The van der Waals surface area contributed by atoms with Gasteiger partial charge in [-0.3, -0.25) is 0 Å². The Morgan fingerprint density at radius 1 is 1.47 bits per heavy atom. The number of hydrogen-bond donors (Lipinski definition) is 1. The largest absolute Gasteiger partial charge is 0.340 e. The molecule has 1 N–H and O–H groups in total. The van der Waals surface area contributed by atoms with Gasteiger partial charge in [0, 0.05) is 13.5 Å². The van der Waals surface area contributed by atoms with E-state index in [9.17, 15) is 0 Å². The van der Waals surface area contributed by atoms with Crippen molar-refractivity contribution in [3.63, 3.8) is 0 Å². The number of thioether (sulfide) groups is 1. The van der Waals surface area contributed by atoms with Crippen molar-refractivity contribution >= 4 is 11.8 Å². The number of nitrogens with one attached hydrogen (secondary N) is 1. The molecule has 0 bridgehead atoms. The van der Waals surface area contributed by atoms with Crippen molar-refractivity contribution in [1.29, 1.82) is 0 Å². The van der Waals surface area contributed by atoms with Crippen molar-refractivity contribution in [3.05, 3.63) is 11.7 Å². The molecule has 8 nitrogen and oxygen atoms in total. The molecule has 17 heavy (non-hydrogen) atoms. The zero-order chi connectivity index (χ0) is 12.1. The van der Waals surface area contributed by atoms with Crippen LogP contribution >= 0.6 is 11.8 Å². The summed E-state index contributed by atoms with van der Waals surface area (Å²) in [4.78, 5) is 4.11. The van der Waals surface area contributed by atoms with Gasteiger partial charge in [0.05, 0.1) is 12.3 Å². The highest BCUT2D eigenvalue weighted by Crippen LogP contribution is 2.17. The van der Waals surface area contributed by atoms with E-state index in [1.807, 2.05) is 7.05 Å². The average Bonchev–Trinajstić information content (AvgIpc) is 2.92. The van der Waals surface area contributed by atoms with E-state index < -0.39 is 0 Å². The van der Waals surface area contributed by atoms with Crippen LogP contribution in [0.4, 0.5) is 0 Å². The Kier molecular flexibility index (Phi) is 4.04. The summed E-state index contributed by atoms with van der Waals surface area (Å²) in [5.74, 6) is 1.81. The molecule has 9 heteroatoms. The van der Waals surface area contributed by atoms with Gasteiger partial charge in [-0.25, -0.2) is 4.68 Å². The van der Waals surface area contributed by atoms with Gasteiger partial charge in [-0.15, -0.1) is 5.10 Å². The van der Waals surface area contributed by atoms with E-state index in [0.717, 1.165) is 18.2 Å². The molecule has 0 aliphatic rings. The summed E-state index contributed by atoms with van der Waals surface area (Å²) in [5.41, 5.74) is 0. The van der Waals surface area contributed by atoms with Crippen LogP contribution in [0.25, 0.3) is 0 Å². The zero-order valence-corrected chi connectivity index (χ0v) is 10.4. The smallest absolute Gasteiger partial charge is 0.223 e. The fourth-order valence-corrected chi connectivity index (χ4v) is 1.93. The minimum Gasteiger partial charge on any atom is -0.340 e. The number of likely N-dealkylation sites (N-methyl/N-ethyl adjacent to an activating group) is 1. The standard InChI is InChI=1S/C8H13N7OS/c1-6-10-7(12-16-6)5-17-8-11-13-14-15(8)4-3-9-2/h9H,3-5H2,1-2H3. The van der Waals surface area contributed by atoms with E-state index in [2.05, 4.69) is 31.0 Å². The first-order valence-electron chi connectivity index (χ1n) is 5.12. The molecule has 0 fully saturated rings. The third-order valence-corrected chi connectivity index (χ3v) is 2.93. The number of hydrogen-bond acceptors (Lipinski definition) is 8. The Labute approximate surface area is 102 Å².